The van der Waals surface area contributed by atoms with E-state index in [1.807, 2.05) is 30.3 Å². The second-order valence-electron chi connectivity index (χ2n) is 3.53. The summed E-state index contributed by atoms with van der Waals surface area (Å²) in [5, 5.41) is 0. The molecule has 1 aromatic rings. The summed E-state index contributed by atoms with van der Waals surface area (Å²) in [6.07, 6.45) is 1.43. The van der Waals surface area contributed by atoms with Crippen molar-refractivity contribution in [2.24, 2.45) is 0 Å². The molecule has 14 heavy (non-hydrogen) atoms. The summed E-state index contributed by atoms with van der Waals surface area (Å²) in [6.45, 7) is 4.55. The minimum atomic E-state index is 0.193. The first-order chi connectivity index (χ1) is 6.77. The average Bonchev–Trinajstić information content (AvgIpc) is 2.51. The van der Waals surface area contributed by atoms with Gasteiger partial charge < -0.3 is 4.90 Å². The number of carbonyl (C=O) groups excluding carboxylic acids is 1. The zero-order chi connectivity index (χ0) is 9.97. The molecule has 2 nitrogen and oxygen atoms in total. The van der Waals surface area contributed by atoms with E-state index in [0.29, 0.717) is 13.0 Å². The highest BCUT2D eigenvalue weighted by Crippen LogP contribution is 2.22. The lowest BCUT2D eigenvalue weighted by atomic mass is 10.2. The van der Waals surface area contributed by atoms with E-state index in [1.54, 1.807) is 4.90 Å². The standard InChI is InChI=1S/C12H13NO/c1-10-7-8-12(14)13(10)9-11-5-3-2-4-6-11/h2-6H,1,7-9H2. The quantitative estimate of drug-likeness (QED) is 0.695. The van der Waals surface area contributed by atoms with E-state index < -0.39 is 0 Å². The minimum absolute atomic E-state index is 0.193. The molecule has 1 aromatic carbocycles. The molecule has 2 rings (SSSR count). The smallest absolute Gasteiger partial charge is 0.227 e. The van der Waals surface area contributed by atoms with E-state index >= 15 is 0 Å². The lowest BCUT2D eigenvalue weighted by Gasteiger charge is -2.16. The third-order valence-corrected chi connectivity index (χ3v) is 2.49. The maximum atomic E-state index is 11.5. The third kappa shape index (κ3) is 1.69. The molecule has 72 valence electrons. The third-order valence-electron chi connectivity index (χ3n) is 2.49. The van der Waals surface area contributed by atoms with E-state index in [0.717, 1.165) is 17.7 Å². The van der Waals surface area contributed by atoms with Crippen molar-refractivity contribution in [3.63, 3.8) is 0 Å². The summed E-state index contributed by atoms with van der Waals surface area (Å²) in [4.78, 5) is 13.2. The number of nitrogens with zero attached hydrogens (tertiary/aromatic N) is 1. The van der Waals surface area contributed by atoms with Gasteiger partial charge in [-0.3, -0.25) is 4.79 Å². The number of benzene rings is 1. The van der Waals surface area contributed by atoms with Crippen molar-refractivity contribution in [2.45, 2.75) is 19.4 Å². The maximum absolute atomic E-state index is 11.5. The molecular weight excluding hydrogens is 174 g/mol. The topological polar surface area (TPSA) is 20.3 Å². The Kier molecular flexibility index (Phi) is 2.35. The van der Waals surface area contributed by atoms with Crippen molar-refractivity contribution in [1.29, 1.82) is 0 Å². The van der Waals surface area contributed by atoms with Gasteiger partial charge in [0, 0.05) is 12.1 Å². The van der Waals surface area contributed by atoms with Crippen LogP contribution in [0.3, 0.4) is 0 Å². The van der Waals surface area contributed by atoms with Crippen LogP contribution in [0.2, 0.25) is 0 Å². The van der Waals surface area contributed by atoms with Gasteiger partial charge in [-0.1, -0.05) is 36.9 Å². The van der Waals surface area contributed by atoms with Gasteiger partial charge in [0.1, 0.15) is 0 Å². The molecule has 0 aromatic heterocycles. The molecule has 0 atom stereocenters. The number of carbonyl (C=O) groups is 1. The number of hydrogen-bond donors (Lipinski definition) is 0. The van der Waals surface area contributed by atoms with Crippen LogP contribution in [0, 0.1) is 0 Å². The number of likely N-dealkylation sites (tertiary alicyclic amines) is 1. The van der Waals surface area contributed by atoms with Crippen molar-refractivity contribution in [3.8, 4) is 0 Å². The Morgan fingerprint density at radius 3 is 2.50 bits per heavy atom. The van der Waals surface area contributed by atoms with Crippen LogP contribution < -0.4 is 0 Å². The van der Waals surface area contributed by atoms with Crippen molar-refractivity contribution >= 4 is 5.91 Å². The Labute approximate surface area is 83.8 Å². The number of hydrogen-bond acceptors (Lipinski definition) is 1. The first kappa shape index (κ1) is 9.00. The first-order valence-electron chi connectivity index (χ1n) is 4.79. The number of rotatable bonds is 2. The Bertz CT molecular complexity index is 340. The summed E-state index contributed by atoms with van der Waals surface area (Å²) in [5.74, 6) is 0.193. The van der Waals surface area contributed by atoms with Crippen molar-refractivity contribution in [1.82, 2.24) is 4.90 Å². The van der Waals surface area contributed by atoms with Crippen LogP contribution in [0.25, 0.3) is 0 Å². The molecule has 1 aliphatic heterocycles. The molecule has 0 spiro atoms. The summed E-state index contributed by atoms with van der Waals surface area (Å²) < 4.78 is 0. The fraction of sp³-hybridized carbons (Fsp3) is 0.250. The molecule has 1 fully saturated rings. The first-order valence-corrected chi connectivity index (χ1v) is 4.79. The minimum Gasteiger partial charge on any atom is -0.312 e. The van der Waals surface area contributed by atoms with Crippen LogP contribution in [0.1, 0.15) is 18.4 Å². The van der Waals surface area contributed by atoms with Gasteiger partial charge in [-0.05, 0) is 12.0 Å². The normalized spacial score (nSPS) is 16.4. The molecule has 1 heterocycles. The molecule has 0 radical (unpaired) electrons. The summed E-state index contributed by atoms with van der Waals surface area (Å²) >= 11 is 0. The lowest BCUT2D eigenvalue weighted by Crippen LogP contribution is -2.22. The fourth-order valence-electron chi connectivity index (χ4n) is 1.66. The van der Waals surface area contributed by atoms with Gasteiger partial charge in [0.2, 0.25) is 5.91 Å². The maximum Gasteiger partial charge on any atom is 0.227 e. The lowest BCUT2D eigenvalue weighted by molar-refractivity contribution is -0.127. The summed E-state index contributed by atoms with van der Waals surface area (Å²) in [5.41, 5.74) is 2.10. The Hall–Kier alpha value is -1.57. The Morgan fingerprint density at radius 2 is 1.93 bits per heavy atom. The highest BCUT2D eigenvalue weighted by Gasteiger charge is 2.23. The van der Waals surface area contributed by atoms with Crippen LogP contribution in [0.5, 0.6) is 0 Å². The Morgan fingerprint density at radius 1 is 1.21 bits per heavy atom. The molecule has 1 amide bonds. The van der Waals surface area contributed by atoms with E-state index in [-0.39, 0.29) is 5.91 Å². The second kappa shape index (κ2) is 3.66. The predicted molar refractivity (Wildman–Crippen MR) is 55.4 cm³/mol. The van der Waals surface area contributed by atoms with E-state index in [4.69, 9.17) is 0 Å². The monoisotopic (exact) mass is 187 g/mol. The summed E-state index contributed by atoms with van der Waals surface area (Å²) in [6, 6.07) is 10.00. The second-order valence-corrected chi connectivity index (χ2v) is 3.53. The molecule has 0 saturated carbocycles. The molecule has 0 bridgehead atoms. The molecule has 1 aliphatic rings. The zero-order valence-electron chi connectivity index (χ0n) is 8.07. The van der Waals surface area contributed by atoms with Crippen molar-refractivity contribution in [3.05, 3.63) is 48.2 Å². The largest absolute Gasteiger partial charge is 0.312 e. The van der Waals surface area contributed by atoms with Crippen LogP contribution >= 0.6 is 0 Å². The molecule has 0 unspecified atom stereocenters. The van der Waals surface area contributed by atoms with Crippen LogP contribution in [0.15, 0.2) is 42.6 Å². The number of amides is 1. The predicted octanol–water partition coefficient (Wildman–Crippen LogP) is 2.32. The van der Waals surface area contributed by atoms with Crippen LogP contribution in [-0.2, 0) is 11.3 Å². The van der Waals surface area contributed by atoms with Gasteiger partial charge >= 0.3 is 0 Å². The zero-order valence-corrected chi connectivity index (χ0v) is 8.07. The van der Waals surface area contributed by atoms with Gasteiger partial charge in [-0.25, -0.2) is 0 Å². The SMILES string of the molecule is C=C1CCC(=O)N1Cc1ccccc1. The molecule has 0 aliphatic carbocycles. The van der Waals surface area contributed by atoms with Gasteiger partial charge in [0.25, 0.3) is 0 Å². The van der Waals surface area contributed by atoms with Crippen LogP contribution in [0.4, 0.5) is 0 Å². The fourth-order valence-corrected chi connectivity index (χ4v) is 1.66. The highest BCUT2D eigenvalue weighted by atomic mass is 16.2. The molecular formula is C12H13NO. The van der Waals surface area contributed by atoms with Crippen LogP contribution in [-0.4, -0.2) is 10.8 Å². The van der Waals surface area contributed by atoms with Crippen molar-refractivity contribution < 1.29 is 4.79 Å². The van der Waals surface area contributed by atoms with E-state index in [2.05, 4.69) is 6.58 Å². The van der Waals surface area contributed by atoms with Gasteiger partial charge in [0.15, 0.2) is 0 Å². The van der Waals surface area contributed by atoms with Gasteiger partial charge in [0.05, 0.1) is 6.54 Å². The van der Waals surface area contributed by atoms with Gasteiger partial charge in [-0.2, -0.15) is 0 Å². The van der Waals surface area contributed by atoms with Gasteiger partial charge in [-0.15, -0.1) is 0 Å². The van der Waals surface area contributed by atoms with E-state index in [1.165, 1.54) is 0 Å². The van der Waals surface area contributed by atoms with Crippen molar-refractivity contribution in [2.75, 3.05) is 0 Å². The molecule has 2 heteroatoms. The number of allylic oxidation sites excluding steroid dienone is 1. The average molecular weight is 187 g/mol. The Balaban J connectivity index is 2.11. The highest BCUT2D eigenvalue weighted by molar-refractivity contribution is 5.81. The van der Waals surface area contributed by atoms with E-state index in [9.17, 15) is 4.79 Å². The summed E-state index contributed by atoms with van der Waals surface area (Å²) in [7, 11) is 0. The molecule has 1 saturated heterocycles. The molecule has 0 N–H and O–H groups in total.